The van der Waals surface area contributed by atoms with Crippen LogP contribution >= 0.6 is 0 Å². The van der Waals surface area contributed by atoms with E-state index in [1.165, 1.54) is 0 Å². The number of methoxy groups -OCH3 is 1. The average molecular weight is 445 g/mol. The van der Waals surface area contributed by atoms with Crippen LogP contribution < -0.4 is 10.3 Å². The first-order valence-corrected chi connectivity index (χ1v) is 11.3. The van der Waals surface area contributed by atoms with Crippen molar-refractivity contribution in [1.29, 1.82) is 0 Å². The molecule has 0 amide bonds. The van der Waals surface area contributed by atoms with Crippen LogP contribution in [0.4, 0.5) is 0 Å². The summed E-state index contributed by atoms with van der Waals surface area (Å²) in [5.41, 5.74) is 4.79. The molecule has 8 nitrogen and oxygen atoms in total. The van der Waals surface area contributed by atoms with Crippen molar-refractivity contribution in [3.05, 3.63) is 80.9 Å². The van der Waals surface area contributed by atoms with Crippen LogP contribution in [-0.2, 0) is 6.54 Å². The van der Waals surface area contributed by atoms with Crippen molar-refractivity contribution < 1.29 is 4.74 Å². The van der Waals surface area contributed by atoms with Crippen LogP contribution in [0.15, 0.2) is 47.3 Å². The van der Waals surface area contributed by atoms with Crippen LogP contribution in [0.2, 0.25) is 0 Å². The maximum absolute atomic E-state index is 13.4. The van der Waals surface area contributed by atoms with Crippen molar-refractivity contribution in [3.63, 3.8) is 0 Å². The molecule has 1 aliphatic rings. The van der Waals surface area contributed by atoms with E-state index in [1.54, 1.807) is 11.8 Å². The van der Waals surface area contributed by atoms with Gasteiger partial charge in [-0.15, -0.1) is 5.10 Å². The van der Waals surface area contributed by atoms with Gasteiger partial charge in [-0.3, -0.25) is 9.69 Å². The fourth-order valence-electron chi connectivity index (χ4n) is 4.67. The van der Waals surface area contributed by atoms with Crippen molar-refractivity contribution in [2.24, 2.45) is 0 Å². The largest absolute Gasteiger partial charge is 0.497 e. The van der Waals surface area contributed by atoms with Crippen molar-refractivity contribution >= 4 is 10.9 Å². The van der Waals surface area contributed by atoms with E-state index in [4.69, 9.17) is 4.74 Å². The van der Waals surface area contributed by atoms with Crippen LogP contribution in [-0.4, -0.2) is 50.3 Å². The van der Waals surface area contributed by atoms with Gasteiger partial charge in [0, 0.05) is 5.56 Å². The van der Waals surface area contributed by atoms with Gasteiger partial charge in [0.15, 0.2) is 5.82 Å². The molecule has 0 saturated carbocycles. The minimum Gasteiger partial charge on any atom is -0.497 e. The predicted octanol–water partition coefficient (Wildman–Crippen LogP) is 3.37. The SMILES string of the molecule is COc1ccc(Cn2nnnc2[C@H](c2cc3ccc(C)c(C)c3[nH]c2=O)N2CCCC2)cc1. The van der Waals surface area contributed by atoms with E-state index in [2.05, 4.69) is 44.5 Å². The number of H-pyrrole nitrogens is 1. The molecule has 3 heterocycles. The lowest BCUT2D eigenvalue weighted by atomic mass is 10.0. The smallest absolute Gasteiger partial charge is 0.253 e. The van der Waals surface area contributed by atoms with E-state index in [1.807, 2.05) is 37.3 Å². The predicted molar refractivity (Wildman–Crippen MR) is 127 cm³/mol. The Kier molecular flexibility index (Phi) is 5.68. The van der Waals surface area contributed by atoms with Crippen LogP contribution in [0.3, 0.4) is 0 Å². The van der Waals surface area contributed by atoms with Gasteiger partial charge >= 0.3 is 0 Å². The van der Waals surface area contributed by atoms with Gasteiger partial charge in [0.05, 0.1) is 19.2 Å². The zero-order chi connectivity index (χ0) is 22.9. The Morgan fingerprint density at radius 2 is 1.85 bits per heavy atom. The Morgan fingerprint density at radius 1 is 1.09 bits per heavy atom. The van der Waals surface area contributed by atoms with Gasteiger partial charge in [0.25, 0.3) is 5.56 Å². The lowest BCUT2D eigenvalue weighted by Crippen LogP contribution is -2.33. The summed E-state index contributed by atoms with van der Waals surface area (Å²) < 4.78 is 7.06. The Bertz CT molecular complexity index is 1340. The third kappa shape index (κ3) is 4.02. The number of aromatic amines is 1. The number of likely N-dealkylation sites (tertiary alicyclic amines) is 1. The summed E-state index contributed by atoms with van der Waals surface area (Å²) in [6.07, 6.45) is 2.20. The number of nitrogens with zero attached hydrogens (tertiary/aromatic N) is 5. The summed E-state index contributed by atoms with van der Waals surface area (Å²) in [6, 6.07) is 13.7. The summed E-state index contributed by atoms with van der Waals surface area (Å²) in [6.45, 7) is 6.43. The molecule has 0 spiro atoms. The number of aryl methyl sites for hydroxylation is 2. The monoisotopic (exact) mass is 444 g/mol. The molecule has 2 aromatic carbocycles. The Balaban J connectivity index is 1.59. The number of tetrazole rings is 1. The van der Waals surface area contributed by atoms with Gasteiger partial charge in [0.2, 0.25) is 0 Å². The summed E-state index contributed by atoms with van der Waals surface area (Å²) in [4.78, 5) is 18.8. The lowest BCUT2D eigenvalue weighted by molar-refractivity contribution is 0.263. The lowest BCUT2D eigenvalue weighted by Gasteiger charge is -2.26. The molecule has 1 saturated heterocycles. The second kappa shape index (κ2) is 8.78. The first-order chi connectivity index (χ1) is 16.0. The molecule has 4 aromatic rings. The molecule has 0 unspecified atom stereocenters. The molecular formula is C25H28N6O2. The molecule has 1 aliphatic heterocycles. The number of ether oxygens (including phenoxy) is 1. The molecule has 0 radical (unpaired) electrons. The molecule has 2 aromatic heterocycles. The number of benzene rings is 2. The number of fused-ring (bicyclic) bond motifs is 1. The van der Waals surface area contributed by atoms with Gasteiger partial charge in [0.1, 0.15) is 11.8 Å². The van der Waals surface area contributed by atoms with E-state index in [0.29, 0.717) is 17.9 Å². The van der Waals surface area contributed by atoms with Gasteiger partial charge < -0.3 is 9.72 Å². The molecule has 5 rings (SSSR count). The van der Waals surface area contributed by atoms with E-state index >= 15 is 0 Å². The highest BCUT2D eigenvalue weighted by molar-refractivity contribution is 5.83. The van der Waals surface area contributed by atoms with Crippen LogP contribution in [0.5, 0.6) is 5.75 Å². The zero-order valence-electron chi connectivity index (χ0n) is 19.2. The number of pyridine rings is 1. The molecule has 1 atom stereocenters. The maximum Gasteiger partial charge on any atom is 0.253 e. The number of nitrogens with one attached hydrogen (secondary N) is 1. The second-order valence-electron chi connectivity index (χ2n) is 8.71. The zero-order valence-corrected chi connectivity index (χ0v) is 19.2. The molecule has 0 bridgehead atoms. The third-order valence-electron chi connectivity index (χ3n) is 6.68. The molecule has 1 fully saturated rings. The Hall–Kier alpha value is -3.52. The van der Waals surface area contributed by atoms with E-state index < -0.39 is 0 Å². The van der Waals surface area contributed by atoms with Crippen LogP contribution in [0.25, 0.3) is 10.9 Å². The van der Waals surface area contributed by atoms with Crippen molar-refractivity contribution in [2.75, 3.05) is 20.2 Å². The van der Waals surface area contributed by atoms with E-state index in [9.17, 15) is 4.79 Å². The number of aromatic nitrogens is 5. The number of rotatable bonds is 6. The second-order valence-corrected chi connectivity index (χ2v) is 8.71. The standard InChI is InChI=1S/C25H28N6O2/c1-16-6-9-19-14-21(25(32)26-22(19)17(16)2)23(30-12-4-5-13-30)24-27-28-29-31(24)15-18-7-10-20(33-3)11-8-18/h6-11,14,23H,4-5,12-13,15H2,1-3H3,(H,26,32)/t23-/m0/s1. The third-order valence-corrected chi connectivity index (χ3v) is 6.68. The fourth-order valence-corrected chi connectivity index (χ4v) is 4.67. The van der Waals surface area contributed by atoms with Crippen LogP contribution in [0, 0.1) is 13.8 Å². The highest BCUT2D eigenvalue weighted by Crippen LogP contribution is 2.30. The minimum atomic E-state index is -0.310. The molecule has 170 valence electrons. The minimum absolute atomic E-state index is 0.0907. The highest BCUT2D eigenvalue weighted by atomic mass is 16.5. The van der Waals surface area contributed by atoms with Crippen molar-refractivity contribution in [2.45, 2.75) is 39.3 Å². The number of hydrogen-bond acceptors (Lipinski definition) is 6. The van der Waals surface area contributed by atoms with E-state index in [-0.39, 0.29) is 11.6 Å². The first-order valence-electron chi connectivity index (χ1n) is 11.3. The molecule has 1 N–H and O–H groups in total. The van der Waals surface area contributed by atoms with Gasteiger partial charge in [-0.05, 0) is 90.5 Å². The average Bonchev–Trinajstić information content (AvgIpc) is 3.51. The van der Waals surface area contributed by atoms with Gasteiger partial charge in [-0.2, -0.15) is 0 Å². The van der Waals surface area contributed by atoms with Gasteiger partial charge in [-0.25, -0.2) is 4.68 Å². The molecule has 33 heavy (non-hydrogen) atoms. The molecule has 0 aliphatic carbocycles. The quantitative estimate of drug-likeness (QED) is 0.491. The maximum atomic E-state index is 13.4. The van der Waals surface area contributed by atoms with Gasteiger partial charge in [-0.1, -0.05) is 24.3 Å². The number of hydrogen-bond donors (Lipinski definition) is 1. The fraction of sp³-hybridized carbons (Fsp3) is 0.360. The van der Waals surface area contributed by atoms with Crippen LogP contribution in [0.1, 0.15) is 47.0 Å². The normalized spacial score (nSPS) is 15.2. The summed E-state index contributed by atoms with van der Waals surface area (Å²) in [7, 11) is 1.65. The van der Waals surface area contributed by atoms with Crippen molar-refractivity contribution in [3.8, 4) is 5.75 Å². The Morgan fingerprint density at radius 3 is 2.58 bits per heavy atom. The first kappa shape index (κ1) is 21.3. The van der Waals surface area contributed by atoms with E-state index in [0.717, 1.165) is 59.3 Å². The summed E-state index contributed by atoms with van der Waals surface area (Å²) in [5.74, 6) is 1.49. The summed E-state index contributed by atoms with van der Waals surface area (Å²) in [5, 5.41) is 13.7. The Labute approximate surface area is 192 Å². The van der Waals surface area contributed by atoms with Crippen molar-refractivity contribution in [1.82, 2.24) is 30.1 Å². The summed E-state index contributed by atoms with van der Waals surface area (Å²) >= 11 is 0. The highest BCUT2D eigenvalue weighted by Gasteiger charge is 2.32. The molecular weight excluding hydrogens is 416 g/mol. The topological polar surface area (TPSA) is 88.9 Å². The molecule has 8 heteroatoms.